The molecule has 53 valence electrons. The van der Waals surface area contributed by atoms with Gasteiger partial charge in [0.05, 0.1) is 0 Å². The Hall–Kier alpha value is 0.229. The molecule has 0 aromatic carbocycles. The first-order valence-corrected chi connectivity index (χ1v) is 0.834. The molecule has 0 bridgehead atoms. The quantitative estimate of drug-likeness (QED) is 0.298. The Balaban J connectivity index is -0.0000000183. The van der Waals surface area contributed by atoms with Crippen LogP contribution in [0.5, 0.6) is 0 Å². The van der Waals surface area contributed by atoms with Gasteiger partial charge in [0, 0.05) is 34.1 Å². The van der Waals surface area contributed by atoms with Crippen molar-refractivity contribution in [1.29, 1.82) is 0 Å². The van der Waals surface area contributed by atoms with Gasteiger partial charge in [-0.05, 0) is 5.26 Å². The first kappa shape index (κ1) is 24.0. The SMILES string of the molecule is O=C(O)O.[Fe].[Fe].[O]O. The summed E-state index contributed by atoms with van der Waals surface area (Å²) in [6, 6.07) is 0. The van der Waals surface area contributed by atoms with Crippen molar-refractivity contribution >= 4 is 6.16 Å². The summed E-state index contributed by atoms with van der Waals surface area (Å²) in [5, 5.41) is 26.9. The van der Waals surface area contributed by atoms with Crippen LogP contribution in [0.25, 0.3) is 0 Å². The van der Waals surface area contributed by atoms with Crippen molar-refractivity contribution < 1.29 is 59.7 Å². The second-order valence-corrected chi connectivity index (χ2v) is 0.283. The Kier molecular flexibility index (Phi) is 80.9. The summed E-state index contributed by atoms with van der Waals surface area (Å²) in [6.45, 7) is 0. The smallest absolute Gasteiger partial charge is 0.450 e. The molecular weight excluding hydrogens is 204 g/mol. The van der Waals surface area contributed by atoms with E-state index in [1.54, 1.807) is 0 Å². The molecule has 8 heavy (non-hydrogen) atoms. The molecule has 0 aliphatic heterocycles. The van der Waals surface area contributed by atoms with Crippen molar-refractivity contribution in [3.63, 3.8) is 0 Å². The molecule has 0 rings (SSSR count). The molecule has 1 radical (unpaired) electrons. The first-order chi connectivity index (χ1) is 2.73. The van der Waals surface area contributed by atoms with Crippen LogP contribution in [0, 0.1) is 0 Å². The minimum atomic E-state index is -1.83. The third-order valence-corrected chi connectivity index (χ3v) is 0. The van der Waals surface area contributed by atoms with E-state index in [4.69, 9.17) is 25.5 Å². The van der Waals surface area contributed by atoms with Gasteiger partial charge in [-0.3, -0.25) is 0 Å². The van der Waals surface area contributed by atoms with Crippen molar-refractivity contribution in [3.05, 3.63) is 0 Å². The average Bonchev–Trinajstić information content (AvgIpc) is 1.41. The molecule has 0 saturated carbocycles. The van der Waals surface area contributed by atoms with Crippen LogP contribution in [0.3, 0.4) is 0 Å². The summed E-state index contributed by atoms with van der Waals surface area (Å²) in [6.07, 6.45) is -1.83. The van der Waals surface area contributed by atoms with Gasteiger partial charge in [0.2, 0.25) is 0 Å². The monoisotopic (exact) mass is 207 g/mol. The Morgan fingerprint density at radius 1 is 1.00 bits per heavy atom. The van der Waals surface area contributed by atoms with Gasteiger partial charge in [-0.15, -0.1) is 0 Å². The number of carboxylic acid groups (broad SMARTS) is 2. The predicted octanol–water partition coefficient (Wildman–Crippen LogP) is 0.107. The van der Waals surface area contributed by atoms with E-state index in [1.807, 2.05) is 0 Å². The maximum Gasteiger partial charge on any atom is 0.503 e. The van der Waals surface area contributed by atoms with E-state index in [0.717, 1.165) is 0 Å². The summed E-state index contributed by atoms with van der Waals surface area (Å²) in [4.78, 5) is 8.56. The van der Waals surface area contributed by atoms with Crippen molar-refractivity contribution in [3.8, 4) is 0 Å². The van der Waals surface area contributed by atoms with E-state index in [2.05, 4.69) is 0 Å². The molecule has 0 aliphatic rings. The molecule has 0 fully saturated rings. The molecule has 0 aromatic heterocycles. The van der Waals surface area contributed by atoms with Gasteiger partial charge in [0.25, 0.3) is 0 Å². The van der Waals surface area contributed by atoms with Gasteiger partial charge < -0.3 is 10.2 Å². The van der Waals surface area contributed by atoms with Crippen LogP contribution < -0.4 is 0 Å². The summed E-state index contributed by atoms with van der Waals surface area (Å²) in [7, 11) is 0. The van der Waals surface area contributed by atoms with Gasteiger partial charge in [0.15, 0.2) is 0 Å². The van der Waals surface area contributed by atoms with Gasteiger partial charge >= 0.3 is 6.16 Å². The van der Waals surface area contributed by atoms with Gasteiger partial charge in [-0.1, -0.05) is 0 Å². The Morgan fingerprint density at radius 3 is 1.00 bits per heavy atom. The van der Waals surface area contributed by atoms with Crippen LogP contribution in [0.15, 0.2) is 0 Å². The summed E-state index contributed by atoms with van der Waals surface area (Å²) < 4.78 is 0. The standard InChI is InChI=1S/CH2O3.2Fe.HO2/c2-1(3)4;;;1-2/h(H2,2,3,4);;;1H. The molecule has 3 N–H and O–H groups in total. The fourth-order valence-electron chi connectivity index (χ4n) is 0. The second-order valence-electron chi connectivity index (χ2n) is 0.283. The molecule has 0 saturated heterocycles. The van der Waals surface area contributed by atoms with Crippen molar-refractivity contribution in [2.24, 2.45) is 0 Å². The Bertz CT molecular complexity index is 33.4. The van der Waals surface area contributed by atoms with Crippen molar-refractivity contribution in [2.75, 3.05) is 0 Å². The summed E-state index contributed by atoms with van der Waals surface area (Å²) >= 11 is 0. The molecule has 0 heterocycles. The minimum Gasteiger partial charge on any atom is -0.450 e. The molecule has 0 unspecified atom stereocenters. The topological polar surface area (TPSA) is 97.7 Å². The zero-order valence-electron chi connectivity index (χ0n) is 3.37. The molecule has 0 aliphatic carbocycles. The average molecular weight is 207 g/mol. The normalized spacial score (nSPS) is 3.75. The molecular formula is CH3Fe2O5. The first-order valence-electron chi connectivity index (χ1n) is 0.834. The van der Waals surface area contributed by atoms with Crippen LogP contribution in [0.4, 0.5) is 4.79 Å². The maximum absolute atomic E-state index is 8.56. The number of carbonyl (C=O) groups is 1. The van der Waals surface area contributed by atoms with Crippen LogP contribution in [-0.2, 0) is 39.4 Å². The summed E-state index contributed by atoms with van der Waals surface area (Å²) in [5.74, 6) is 0. The van der Waals surface area contributed by atoms with E-state index in [9.17, 15) is 0 Å². The molecule has 5 nitrogen and oxygen atoms in total. The van der Waals surface area contributed by atoms with Crippen LogP contribution in [0.2, 0.25) is 0 Å². The van der Waals surface area contributed by atoms with E-state index >= 15 is 0 Å². The third kappa shape index (κ3) is 3250. The fraction of sp³-hybridized carbons (Fsp3) is 0. The van der Waals surface area contributed by atoms with Crippen LogP contribution in [0.1, 0.15) is 0 Å². The van der Waals surface area contributed by atoms with Crippen LogP contribution >= 0.6 is 0 Å². The van der Waals surface area contributed by atoms with E-state index in [-0.39, 0.29) is 34.1 Å². The molecule has 0 spiro atoms. The number of hydrogen-bond acceptors (Lipinski definition) is 2. The maximum atomic E-state index is 8.56. The molecule has 0 amide bonds. The van der Waals surface area contributed by atoms with E-state index < -0.39 is 6.16 Å². The number of hydrogen-bond donors (Lipinski definition) is 3. The predicted molar refractivity (Wildman–Crippen MR) is 14.0 cm³/mol. The van der Waals surface area contributed by atoms with Crippen LogP contribution in [-0.4, -0.2) is 21.6 Å². The van der Waals surface area contributed by atoms with Gasteiger partial charge in [0.1, 0.15) is 0 Å². The van der Waals surface area contributed by atoms with Gasteiger partial charge in [-0.2, -0.15) is 0 Å². The zero-order valence-corrected chi connectivity index (χ0v) is 5.57. The number of rotatable bonds is 0. The van der Waals surface area contributed by atoms with Gasteiger partial charge in [-0.25, -0.2) is 10.1 Å². The molecule has 0 atom stereocenters. The summed E-state index contributed by atoms with van der Waals surface area (Å²) in [5.41, 5.74) is 0. The largest absolute Gasteiger partial charge is 0.503 e. The minimum absolute atomic E-state index is 0. The van der Waals surface area contributed by atoms with E-state index in [1.165, 1.54) is 0 Å². The van der Waals surface area contributed by atoms with Crippen molar-refractivity contribution in [1.82, 2.24) is 0 Å². The molecule has 7 heteroatoms. The second kappa shape index (κ2) is 26.9. The van der Waals surface area contributed by atoms with Crippen molar-refractivity contribution in [2.45, 2.75) is 0 Å². The third-order valence-electron chi connectivity index (χ3n) is 0. The zero-order chi connectivity index (χ0) is 5.58. The Morgan fingerprint density at radius 2 is 1.00 bits per heavy atom. The fourth-order valence-corrected chi connectivity index (χ4v) is 0. The Labute approximate surface area is 66.2 Å². The van der Waals surface area contributed by atoms with E-state index in [0.29, 0.717) is 0 Å². The molecule has 0 aromatic rings.